The number of pyridine rings is 1. The fourth-order valence-corrected chi connectivity index (χ4v) is 5.81. The highest BCUT2D eigenvalue weighted by Crippen LogP contribution is 2.32. The summed E-state index contributed by atoms with van der Waals surface area (Å²) in [5, 5.41) is 5.68. The third-order valence-corrected chi connectivity index (χ3v) is 8.19. The number of amides is 1. The number of ether oxygens (including phenoxy) is 4. The lowest BCUT2D eigenvalue weighted by Crippen LogP contribution is -2.36. The van der Waals surface area contributed by atoms with E-state index in [1.807, 2.05) is 22.7 Å². The largest absolute Gasteiger partial charge is 0.383 e. The molecule has 12 nitrogen and oxygen atoms in total. The fourth-order valence-electron chi connectivity index (χ4n) is 5.81. The summed E-state index contributed by atoms with van der Waals surface area (Å²) in [6, 6.07) is 8.52. The summed E-state index contributed by atoms with van der Waals surface area (Å²) >= 11 is 0. The lowest BCUT2D eigenvalue weighted by Gasteiger charge is -2.29. The van der Waals surface area contributed by atoms with Crippen molar-refractivity contribution in [3.8, 4) is 11.3 Å². The van der Waals surface area contributed by atoms with Gasteiger partial charge in [-0.3, -0.25) is 9.78 Å². The number of carbonyl (C=O) groups excluding carboxylic acids is 1. The average molecular weight is 628 g/mol. The van der Waals surface area contributed by atoms with E-state index in [-0.39, 0.29) is 5.91 Å². The smallest absolute Gasteiger partial charge is 0.225 e. The van der Waals surface area contributed by atoms with Gasteiger partial charge in [-0.25, -0.2) is 14.6 Å². The Labute approximate surface area is 268 Å². The lowest BCUT2D eigenvalue weighted by atomic mass is 9.97. The molecular weight excluding hydrogens is 586 g/mol. The Kier molecular flexibility index (Phi) is 10.6. The summed E-state index contributed by atoms with van der Waals surface area (Å²) < 4.78 is 23.6. The number of nitrogens with zero attached hydrogens (tertiary/aromatic N) is 6. The van der Waals surface area contributed by atoms with Crippen LogP contribution in [0.1, 0.15) is 41.3 Å². The highest BCUT2D eigenvalue weighted by atomic mass is 16.6. The van der Waals surface area contributed by atoms with E-state index in [0.29, 0.717) is 90.4 Å². The standard InChI is InChI=1S/C34H41N7O5/c1-2-43-12-13-45-16-17-46-15-14-44-11-9-30(42)40-10-8-25-18-24(6-7-27(25)22-40)21-41-34-31(33(35)37-23-38-34)32(39-41)28-19-26-4-3-5-29(26)36-20-28/h3-4,6-7,18-20,23H,2,5,8-17,21-22H2,1H3,(H2,35,37,38). The maximum Gasteiger partial charge on any atom is 0.225 e. The number of allylic oxidation sites excluding steroid dienone is 1. The number of anilines is 1. The lowest BCUT2D eigenvalue weighted by molar-refractivity contribution is -0.133. The summed E-state index contributed by atoms with van der Waals surface area (Å²) in [5.41, 5.74) is 14.3. The summed E-state index contributed by atoms with van der Waals surface area (Å²) in [5.74, 6) is 0.494. The molecule has 1 amide bonds. The summed E-state index contributed by atoms with van der Waals surface area (Å²) in [7, 11) is 0. The van der Waals surface area contributed by atoms with Gasteiger partial charge >= 0.3 is 0 Å². The van der Waals surface area contributed by atoms with Gasteiger partial charge in [-0.1, -0.05) is 30.4 Å². The molecule has 0 saturated heterocycles. The Bertz CT molecular complexity index is 1690. The molecule has 0 saturated carbocycles. The molecule has 0 unspecified atom stereocenters. The molecule has 1 aliphatic carbocycles. The molecule has 1 aromatic carbocycles. The fraction of sp³-hybridized carbons (Fsp3) is 0.441. The third-order valence-electron chi connectivity index (χ3n) is 8.19. The Hall–Kier alpha value is -4.23. The highest BCUT2D eigenvalue weighted by Gasteiger charge is 2.22. The van der Waals surface area contributed by atoms with Crippen LogP contribution in [0.4, 0.5) is 5.82 Å². The van der Waals surface area contributed by atoms with Gasteiger partial charge in [0.25, 0.3) is 0 Å². The Balaban J connectivity index is 1.00. The van der Waals surface area contributed by atoms with Crippen molar-refractivity contribution in [1.29, 1.82) is 0 Å². The van der Waals surface area contributed by atoms with Crippen LogP contribution in [0.3, 0.4) is 0 Å². The van der Waals surface area contributed by atoms with E-state index in [2.05, 4.69) is 51.4 Å². The van der Waals surface area contributed by atoms with Crippen molar-refractivity contribution < 1.29 is 23.7 Å². The summed E-state index contributed by atoms with van der Waals surface area (Å²) in [6.07, 6.45) is 9.51. The van der Waals surface area contributed by atoms with Gasteiger partial charge in [0.1, 0.15) is 17.8 Å². The minimum Gasteiger partial charge on any atom is -0.383 e. The van der Waals surface area contributed by atoms with Crippen molar-refractivity contribution in [2.24, 2.45) is 0 Å². The zero-order chi connectivity index (χ0) is 31.7. The number of nitrogen functional groups attached to an aromatic ring is 1. The van der Waals surface area contributed by atoms with Crippen LogP contribution in [0.15, 0.2) is 42.9 Å². The van der Waals surface area contributed by atoms with E-state index in [9.17, 15) is 4.79 Å². The SMILES string of the molecule is CCOCCOCCOCCOCCC(=O)N1CCc2cc(Cn3nc(-c4cnc5c(c4)C=CC5)c4c(N)ncnc43)ccc2C1. The van der Waals surface area contributed by atoms with Gasteiger partial charge < -0.3 is 29.6 Å². The molecule has 2 N–H and O–H groups in total. The molecule has 1 aliphatic heterocycles. The highest BCUT2D eigenvalue weighted by molar-refractivity contribution is 5.98. The number of benzene rings is 1. The zero-order valence-electron chi connectivity index (χ0n) is 26.3. The summed E-state index contributed by atoms with van der Waals surface area (Å²) in [6.45, 7) is 7.97. The number of nitrogens with two attached hydrogens (primary N) is 1. The number of hydrogen-bond donors (Lipinski definition) is 1. The maximum absolute atomic E-state index is 12.9. The van der Waals surface area contributed by atoms with Crippen molar-refractivity contribution in [2.75, 3.05) is 65.1 Å². The molecule has 0 fully saturated rings. The average Bonchev–Trinajstić information content (AvgIpc) is 3.70. The van der Waals surface area contributed by atoms with Crippen LogP contribution in [-0.4, -0.2) is 94.9 Å². The van der Waals surface area contributed by atoms with Crippen LogP contribution in [-0.2, 0) is 49.7 Å². The Morgan fingerprint density at radius 3 is 2.52 bits per heavy atom. The molecule has 4 heterocycles. The quantitative estimate of drug-likeness (QED) is 0.184. The molecule has 0 radical (unpaired) electrons. The molecule has 4 aromatic rings. The van der Waals surface area contributed by atoms with E-state index in [4.69, 9.17) is 29.8 Å². The second-order valence-electron chi connectivity index (χ2n) is 11.3. The van der Waals surface area contributed by atoms with Crippen molar-refractivity contribution in [3.63, 3.8) is 0 Å². The van der Waals surface area contributed by atoms with Gasteiger partial charge in [-0.05, 0) is 41.7 Å². The maximum atomic E-state index is 12.9. The van der Waals surface area contributed by atoms with Crippen molar-refractivity contribution in [3.05, 3.63) is 70.8 Å². The monoisotopic (exact) mass is 627 g/mol. The molecule has 12 heteroatoms. The molecule has 0 bridgehead atoms. The Morgan fingerprint density at radius 1 is 0.935 bits per heavy atom. The predicted octanol–water partition coefficient (Wildman–Crippen LogP) is 3.45. The second-order valence-corrected chi connectivity index (χ2v) is 11.3. The van der Waals surface area contributed by atoms with Gasteiger partial charge in [-0.15, -0.1) is 0 Å². The zero-order valence-corrected chi connectivity index (χ0v) is 26.3. The van der Waals surface area contributed by atoms with E-state index in [1.54, 1.807) is 0 Å². The molecular formula is C34H41N7O5. The minimum absolute atomic E-state index is 0.0997. The molecule has 6 rings (SSSR count). The normalized spacial score (nSPS) is 13.8. The molecule has 46 heavy (non-hydrogen) atoms. The van der Waals surface area contributed by atoms with Gasteiger partial charge in [0, 0.05) is 37.9 Å². The van der Waals surface area contributed by atoms with Gasteiger partial charge in [0.2, 0.25) is 5.91 Å². The molecule has 0 spiro atoms. The van der Waals surface area contributed by atoms with Crippen LogP contribution in [0.25, 0.3) is 28.4 Å². The van der Waals surface area contributed by atoms with E-state index >= 15 is 0 Å². The predicted molar refractivity (Wildman–Crippen MR) is 174 cm³/mol. The third kappa shape index (κ3) is 7.59. The first-order valence-electron chi connectivity index (χ1n) is 15.9. The van der Waals surface area contributed by atoms with E-state index in [0.717, 1.165) is 51.9 Å². The minimum atomic E-state index is 0.0997. The van der Waals surface area contributed by atoms with Crippen LogP contribution in [0.2, 0.25) is 0 Å². The van der Waals surface area contributed by atoms with Crippen LogP contribution in [0, 0.1) is 0 Å². The van der Waals surface area contributed by atoms with Crippen molar-refractivity contribution in [2.45, 2.75) is 39.3 Å². The van der Waals surface area contributed by atoms with Gasteiger partial charge in [0.05, 0.1) is 70.3 Å². The topological polar surface area (TPSA) is 140 Å². The second kappa shape index (κ2) is 15.4. The number of carbonyl (C=O) groups is 1. The van der Waals surface area contributed by atoms with Crippen molar-refractivity contribution in [1.82, 2.24) is 29.6 Å². The van der Waals surface area contributed by atoms with Crippen LogP contribution < -0.4 is 5.73 Å². The number of hydrogen-bond acceptors (Lipinski definition) is 10. The van der Waals surface area contributed by atoms with Crippen molar-refractivity contribution >= 4 is 28.8 Å². The van der Waals surface area contributed by atoms with Crippen LogP contribution in [0.5, 0.6) is 0 Å². The molecule has 242 valence electrons. The first-order chi connectivity index (χ1) is 22.6. The molecule has 0 atom stereocenters. The molecule has 2 aliphatic rings. The number of fused-ring (bicyclic) bond motifs is 3. The first kappa shape index (κ1) is 31.7. The number of aromatic nitrogens is 5. The summed E-state index contributed by atoms with van der Waals surface area (Å²) in [4.78, 5) is 28.2. The number of rotatable bonds is 16. The van der Waals surface area contributed by atoms with Crippen LogP contribution >= 0.6 is 0 Å². The van der Waals surface area contributed by atoms with Gasteiger partial charge in [0.15, 0.2) is 5.65 Å². The molecule has 3 aromatic heterocycles. The van der Waals surface area contributed by atoms with Gasteiger partial charge in [-0.2, -0.15) is 5.10 Å². The van der Waals surface area contributed by atoms with E-state index in [1.165, 1.54) is 11.9 Å². The first-order valence-corrected chi connectivity index (χ1v) is 15.9. The van der Waals surface area contributed by atoms with E-state index < -0.39 is 0 Å². The Morgan fingerprint density at radius 2 is 1.72 bits per heavy atom.